The Labute approximate surface area is 183 Å². The molecule has 9 nitrogen and oxygen atoms in total. The number of nitrogens with two attached hydrogens (primary N) is 1. The van der Waals surface area contributed by atoms with E-state index in [1.165, 1.54) is 0 Å². The summed E-state index contributed by atoms with van der Waals surface area (Å²) in [4.78, 5) is 29.6. The largest absolute Gasteiger partial charge is 0.481 e. The Bertz CT molecular complexity index is 1370. The molecule has 32 heavy (non-hydrogen) atoms. The fraction of sp³-hybridized carbons (Fsp3) is 0.261. The van der Waals surface area contributed by atoms with Gasteiger partial charge in [-0.3, -0.25) is 9.59 Å². The minimum atomic E-state index is -0.833. The summed E-state index contributed by atoms with van der Waals surface area (Å²) in [5, 5.41) is 8.43. The van der Waals surface area contributed by atoms with E-state index < -0.39 is 5.97 Å². The molecular weight excluding hydrogens is 412 g/mol. The van der Waals surface area contributed by atoms with Crippen molar-refractivity contribution in [3.63, 3.8) is 0 Å². The van der Waals surface area contributed by atoms with Gasteiger partial charge in [-0.25, -0.2) is 4.98 Å². The molecule has 3 heterocycles. The van der Waals surface area contributed by atoms with E-state index >= 15 is 0 Å². The summed E-state index contributed by atoms with van der Waals surface area (Å²) >= 11 is 0. The van der Waals surface area contributed by atoms with Gasteiger partial charge in [0.2, 0.25) is 6.79 Å². The van der Waals surface area contributed by atoms with Gasteiger partial charge in [-0.15, -0.1) is 0 Å². The maximum atomic E-state index is 12.9. The highest BCUT2D eigenvalue weighted by molar-refractivity contribution is 5.98. The van der Waals surface area contributed by atoms with Crippen LogP contribution in [0, 0.1) is 6.92 Å². The van der Waals surface area contributed by atoms with E-state index in [2.05, 4.69) is 15.6 Å². The first-order valence-corrected chi connectivity index (χ1v) is 10.2. The van der Waals surface area contributed by atoms with Crippen LogP contribution in [0.4, 0.5) is 0 Å². The van der Waals surface area contributed by atoms with Crippen molar-refractivity contribution in [3.05, 3.63) is 52.4 Å². The van der Waals surface area contributed by atoms with Gasteiger partial charge >= 0.3 is 0 Å². The van der Waals surface area contributed by atoms with E-state index in [4.69, 9.17) is 30.1 Å². The number of hydrogen-bond acceptors (Lipinski definition) is 6. The normalized spacial score (nSPS) is 12.1. The molecule has 0 unspecified atom stereocenters. The van der Waals surface area contributed by atoms with Gasteiger partial charge in [0.25, 0.3) is 11.5 Å². The number of aromatic amines is 1. The summed E-state index contributed by atoms with van der Waals surface area (Å²) in [7, 11) is 0. The molecule has 166 valence electrons. The second-order valence-electron chi connectivity index (χ2n) is 7.43. The van der Waals surface area contributed by atoms with E-state index in [1.807, 2.05) is 25.1 Å². The fourth-order valence-electron chi connectivity index (χ4n) is 3.91. The Morgan fingerprint density at radius 2 is 1.94 bits per heavy atom. The van der Waals surface area contributed by atoms with Crippen LogP contribution in [0.25, 0.3) is 33.2 Å². The van der Waals surface area contributed by atoms with Crippen LogP contribution < -0.4 is 20.8 Å². The molecular formula is C23H24N4O5. The lowest BCUT2D eigenvalue weighted by Crippen LogP contribution is -2.12. The Kier molecular flexibility index (Phi) is 5.83. The van der Waals surface area contributed by atoms with Crippen LogP contribution in [0.2, 0.25) is 0 Å². The second kappa shape index (κ2) is 8.72. The van der Waals surface area contributed by atoms with Crippen molar-refractivity contribution in [1.29, 1.82) is 0 Å². The summed E-state index contributed by atoms with van der Waals surface area (Å²) in [5.74, 6) is 0.423. The van der Waals surface area contributed by atoms with E-state index in [1.54, 1.807) is 12.1 Å². The first-order chi connectivity index (χ1) is 15.4. The van der Waals surface area contributed by atoms with Crippen LogP contribution in [-0.4, -0.2) is 38.9 Å². The minimum absolute atomic E-state index is 0.177. The summed E-state index contributed by atoms with van der Waals surface area (Å²) < 4.78 is 13.1. The number of carboxylic acid groups (broad SMARTS) is 1. The summed E-state index contributed by atoms with van der Waals surface area (Å²) in [6.07, 6.45) is 0.865. The number of rotatable bonds is 4. The second-order valence-corrected chi connectivity index (χ2v) is 7.43. The lowest BCUT2D eigenvalue weighted by Gasteiger charge is -2.08. The zero-order chi connectivity index (χ0) is 22.8. The van der Waals surface area contributed by atoms with Gasteiger partial charge in [-0.2, -0.15) is 0 Å². The van der Waals surface area contributed by atoms with Gasteiger partial charge in [0.15, 0.2) is 11.5 Å². The summed E-state index contributed by atoms with van der Waals surface area (Å²) in [6, 6.07) is 11.6. The number of nitrogens with zero attached hydrogens (tertiary/aromatic N) is 2. The molecule has 0 radical (unpaired) electrons. The SMILES string of the molecule is CC(=O)O.Cc1c(-c2nc3cc4c(cc3[nH]c2=O)OCO4)c2ccccc2n1CCCN. The predicted octanol–water partition coefficient (Wildman–Crippen LogP) is 3.02. The Hall–Kier alpha value is -3.85. The van der Waals surface area contributed by atoms with Crippen molar-refractivity contribution in [3.8, 4) is 22.8 Å². The molecule has 4 N–H and O–H groups in total. The average molecular weight is 436 g/mol. The third-order valence-corrected chi connectivity index (χ3v) is 5.24. The molecule has 2 aromatic heterocycles. The summed E-state index contributed by atoms with van der Waals surface area (Å²) in [5.41, 5.74) is 10.1. The van der Waals surface area contributed by atoms with E-state index in [9.17, 15) is 4.79 Å². The van der Waals surface area contributed by atoms with Crippen LogP contribution in [-0.2, 0) is 11.3 Å². The van der Waals surface area contributed by atoms with Crippen LogP contribution >= 0.6 is 0 Å². The van der Waals surface area contributed by atoms with Crippen molar-refractivity contribution in [2.75, 3.05) is 13.3 Å². The molecule has 5 rings (SSSR count). The number of fused-ring (bicyclic) bond motifs is 3. The zero-order valence-corrected chi connectivity index (χ0v) is 17.8. The van der Waals surface area contributed by atoms with Gasteiger partial charge < -0.3 is 29.9 Å². The highest BCUT2D eigenvalue weighted by Crippen LogP contribution is 2.36. The molecule has 0 atom stereocenters. The smallest absolute Gasteiger partial charge is 0.300 e. The van der Waals surface area contributed by atoms with Crippen molar-refractivity contribution >= 4 is 27.9 Å². The number of nitrogens with one attached hydrogen (secondary N) is 1. The van der Waals surface area contributed by atoms with Crippen molar-refractivity contribution in [2.45, 2.75) is 26.8 Å². The molecule has 0 spiro atoms. The first kappa shape index (κ1) is 21.4. The maximum absolute atomic E-state index is 12.9. The van der Waals surface area contributed by atoms with Gasteiger partial charge in [-0.05, 0) is 26.0 Å². The van der Waals surface area contributed by atoms with Crippen molar-refractivity contribution < 1.29 is 19.4 Å². The molecule has 0 amide bonds. The van der Waals surface area contributed by atoms with Crippen molar-refractivity contribution in [2.24, 2.45) is 5.73 Å². The molecule has 0 bridgehead atoms. The van der Waals surface area contributed by atoms with Crippen LogP contribution in [0.15, 0.2) is 41.2 Å². The number of aliphatic carboxylic acids is 1. The number of carboxylic acids is 1. The van der Waals surface area contributed by atoms with Gasteiger partial charge in [0, 0.05) is 47.8 Å². The zero-order valence-electron chi connectivity index (χ0n) is 17.8. The number of H-pyrrole nitrogens is 1. The van der Waals surface area contributed by atoms with Gasteiger partial charge in [-0.1, -0.05) is 18.2 Å². The number of aryl methyl sites for hydroxylation is 1. The lowest BCUT2D eigenvalue weighted by molar-refractivity contribution is -0.134. The number of para-hydroxylation sites is 1. The lowest BCUT2D eigenvalue weighted by atomic mass is 10.1. The highest BCUT2D eigenvalue weighted by Gasteiger charge is 2.21. The van der Waals surface area contributed by atoms with Crippen LogP contribution in [0.3, 0.4) is 0 Å². The average Bonchev–Trinajstić information content (AvgIpc) is 3.31. The standard InChI is InChI=1S/C21H20N4O3.C2H4O2/c1-12-19(13-5-2-3-6-16(13)25(12)8-4-7-22)20-21(26)24-15-10-18-17(27-11-28-18)9-14(15)23-20;1-2(3)4/h2-3,5-6,9-10H,4,7-8,11,22H2,1H3,(H,24,26);1H3,(H,3,4). The number of benzene rings is 2. The molecule has 0 saturated heterocycles. The third kappa shape index (κ3) is 3.90. The Morgan fingerprint density at radius 3 is 2.66 bits per heavy atom. The molecule has 1 aliphatic rings. The molecule has 0 fully saturated rings. The van der Waals surface area contributed by atoms with Crippen LogP contribution in [0.1, 0.15) is 19.0 Å². The third-order valence-electron chi connectivity index (χ3n) is 5.24. The van der Waals surface area contributed by atoms with E-state index in [0.29, 0.717) is 34.8 Å². The molecule has 1 aliphatic heterocycles. The fourth-order valence-corrected chi connectivity index (χ4v) is 3.91. The quantitative estimate of drug-likeness (QED) is 0.448. The van der Waals surface area contributed by atoms with Crippen molar-refractivity contribution in [1.82, 2.24) is 14.5 Å². The first-order valence-electron chi connectivity index (χ1n) is 10.2. The molecule has 4 aromatic rings. The maximum Gasteiger partial charge on any atom is 0.300 e. The molecule has 2 aromatic carbocycles. The number of hydrogen-bond donors (Lipinski definition) is 3. The summed E-state index contributed by atoms with van der Waals surface area (Å²) in [6.45, 7) is 4.70. The topological polar surface area (TPSA) is 132 Å². The molecule has 0 saturated carbocycles. The van der Waals surface area contributed by atoms with Crippen LogP contribution in [0.5, 0.6) is 11.5 Å². The van der Waals surface area contributed by atoms with E-state index in [0.717, 1.165) is 42.0 Å². The number of aromatic nitrogens is 3. The monoisotopic (exact) mass is 436 g/mol. The molecule has 9 heteroatoms. The number of carbonyl (C=O) groups is 1. The van der Waals surface area contributed by atoms with Gasteiger partial charge in [0.05, 0.1) is 11.0 Å². The minimum Gasteiger partial charge on any atom is -0.481 e. The predicted molar refractivity (Wildman–Crippen MR) is 121 cm³/mol. The number of ether oxygens (including phenoxy) is 2. The van der Waals surface area contributed by atoms with Gasteiger partial charge in [0.1, 0.15) is 5.69 Å². The van der Waals surface area contributed by atoms with E-state index in [-0.39, 0.29) is 12.4 Å². The highest BCUT2D eigenvalue weighted by atomic mass is 16.7. The molecule has 0 aliphatic carbocycles. The Balaban J connectivity index is 0.000000567. The Morgan fingerprint density at radius 1 is 1.25 bits per heavy atom.